The number of piperidine rings is 1. The van der Waals surface area contributed by atoms with Gasteiger partial charge in [-0.15, -0.1) is 12.4 Å². The van der Waals surface area contributed by atoms with E-state index in [2.05, 4.69) is 10.6 Å². The predicted molar refractivity (Wildman–Crippen MR) is 76.2 cm³/mol. The Kier molecular flexibility index (Phi) is 5.72. The van der Waals surface area contributed by atoms with E-state index in [1.165, 1.54) is 12.1 Å². The largest absolute Gasteiger partial charge is 0.506 e. The van der Waals surface area contributed by atoms with Crippen LogP contribution < -0.4 is 10.6 Å². The summed E-state index contributed by atoms with van der Waals surface area (Å²) in [7, 11) is 0. The molecule has 1 aromatic rings. The van der Waals surface area contributed by atoms with Crippen LogP contribution in [-0.4, -0.2) is 29.0 Å². The highest BCUT2D eigenvalue weighted by atomic mass is 35.5. The maximum absolute atomic E-state index is 12.0. The Bertz CT molecular complexity index is 503. The van der Waals surface area contributed by atoms with E-state index in [1.807, 2.05) is 0 Å². The summed E-state index contributed by atoms with van der Waals surface area (Å²) in [6.45, 7) is 1.48. The van der Waals surface area contributed by atoms with Crippen molar-refractivity contribution >= 4 is 29.7 Å². The fourth-order valence-corrected chi connectivity index (χ4v) is 2.05. The highest BCUT2D eigenvalue weighted by molar-refractivity contribution is 5.94. The molecular formula is C12H16ClN3O4. The highest BCUT2D eigenvalue weighted by Crippen LogP contribution is 2.28. The number of nitro benzene ring substituents is 1. The van der Waals surface area contributed by atoms with Crippen LogP contribution in [0.2, 0.25) is 0 Å². The third-order valence-corrected chi connectivity index (χ3v) is 3.12. The number of carbonyl (C=O) groups is 1. The minimum Gasteiger partial charge on any atom is -0.506 e. The van der Waals surface area contributed by atoms with E-state index in [1.54, 1.807) is 0 Å². The number of anilines is 1. The molecule has 7 nitrogen and oxygen atoms in total. The number of aromatic hydroxyl groups is 1. The number of hydrogen-bond acceptors (Lipinski definition) is 5. The maximum atomic E-state index is 12.0. The van der Waals surface area contributed by atoms with E-state index in [0.717, 1.165) is 25.5 Å². The number of non-ortho nitro benzene ring substituents is 1. The molecule has 0 saturated carbocycles. The van der Waals surface area contributed by atoms with Gasteiger partial charge in [-0.3, -0.25) is 14.9 Å². The Balaban J connectivity index is 0.00000200. The van der Waals surface area contributed by atoms with Crippen LogP contribution in [0.4, 0.5) is 11.4 Å². The fraction of sp³-hybridized carbons (Fsp3) is 0.417. The summed E-state index contributed by atoms with van der Waals surface area (Å²) in [5.41, 5.74) is -0.0976. The molecule has 3 N–H and O–H groups in total. The van der Waals surface area contributed by atoms with Crippen LogP contribution in [0.5, 0.6) is 5.75 Å². The maximum Gasteiger partial charge on any atom is 0.271 e. The van der Waals surface area contributed by atoms with Crippen molar-refractivity contribution in [3.05, 3.63) is 28.3 Å². The summed E-state index contributed by atoms with van der Waals surface area (Å²) in [6, 6.07) is 3.55. The van der Waals surface area contributed by atoms with Gasteiger partial charge < -0.3 is 15.7 Å². The van der Waals surface area contributed by atoms with Crippen LogP contribution in [0.25, 0.3) is 0 Å². The van der Waals surface area contributed by atoms with E-state index < -0.39 is 4.92 Å². The van der Waals surface area contributed by atoms with E-state index >= 15 is 0 Å². The number of benzene rings is 1. The second-order valence-corrected chi connectivity index (χ2v) is 4.49. The van der Waals surface area contributed by atoms with Crippen LogP contribution in [0, 0.1) is 16.0 Å². The molecule has 1 aliphatic rings. The van der Waals surface area contributed by atoms with Crippen molar-refractivity contribution in [1.82, 2.24) is 5.32 Å². The molecule has 0 aliphatic carbocycles. The average molecular weight is 302 g/mol. The number of phenols is 1. The first-order valence-electron chi connectivity index (χ1n) is 6.07. The number of phenolic OH excluding ortho intramolecular Hbond substituents is 1. The number of rotatable bonds is 3. The molecule has 1 aliphatic heterocycles. The highest BCUT2D eigenvalue weighted by Gasteiger charge is 2.22. The van der Waals surface area contributed by atoms with Gasteiger partial charge in [-0.05, 0) is 25.5 Å². The van der Waals surface area contributed by atoms with Crippen molar-refractivity contribution in [2.24, 2.45) is 5.92 Å². The number of carbonyl (C=O) groups excluding carboxylic acids is 1. The van der Waals surface area contributed by atoms with Crippen molar-refractivity contribution in [3.8, 4) is 5.75 Å². The van der Waals surface area contributed by atoms with E-state index in [-0.39, 0.29) is 41.4 Å². The van der Waals surface area contributed by atoms with Crippen LogP contribution in [-0.2, 0) is 4.79 Å². The van der Waals surface area contributed by atoms with Gasteiger partial charge in [0.15, 0.2) is 0 Å². The van der Waals surface area contributed by atoms with E-state index in [0.29, 0.717) is 6.54 Å². The molecule has 2 rings (SSSR count). The Morgan fingerprint density at radius 2 is 2.25 bits per heavy atom. The van der Waals surface area contributed by atoms with Gasteiger partial charge in [-0.25, -0.2) is 0 Å². The molecule has 0 aromatic heterocycles. The predicted octanol–water partition coefficient (Wildman–Crippen LogP) is 1.66. The second kappa shape index (κ2) is 7.06. The number of amides is 1. The van der Waals surface area contributed by atoms with Crippen molar-refractivity contribution in [2.75, 3.05) is 18.4 Å². The summed E-state index contributed by atoms with van der Waals surface area (Å²) in [6.07, 6.45) is 1.69. The standard InChI is InChI=1S/C12H15N3O4.ClH/c16-11-4-3-9(15(18)19)6-10(11)14-12(17)8-2-1-5-13-7-8;/h3-4,6,8,13,16H,1-2,5,7H2,(H,14,17);1H/t8-;/m1./s1. The minimum absolute atomic E-state index is 0. The van der Waals surface area contributed by atoms with Gasteiger partial charge >= 0.3 is 0 Å². The Morgan fingerprint density at radius 1 is 1.50 bits per heavy atom. The lowest BCUT2D eigenvalue weighted by molar-refractivity contribution is -0.384. The van der Waals surface area contributed by atoms with Crippen molar-refractivity contribution in [2.45, 2.75) is 12.8 Å². The molecule has 0 unspecified atom stereocenters. The summed E-state index contributed by atoms with van der Waals surface area (Å²) in [4.78, 5) is 22.0. The van der Waals surface area contributed by atoms with Crippen molar-refractivity contribution in [3.63, 3.8) is 0 Å². The molecule has 1 aromatic carbocycles. The first-order chi connectivity index (χ1) is 9.08. The van der Waals surface area contributed by atoms with Gasteiger partial charge in [0.25, 0.3) is 5.69 Å². The lowest BCUT2D eigenvalue weighted by Crippen LogP contribution is -2.37. The molecule has 1 saturated heterocycles. The number of hydrogen-bond donors (Lipinski definition) is 3. The molecule has 1 heterocycles. The number of nitrogens with zero attached hydrogens (tertiary/aromatic N) is 1. The smallest absolute Gasteiger partial charge is 0.271 e. The van der Waals surface area contributed by atoms with Gasteiger partial charge in [0.05, 0.1) is 16.5 Å². The molecule has 110 valence electrons. The first kappa shape index (κ1) is 16.2. The van der Waals surface area contributed by atoms with Crippen molar-refractivity contribution in [1.29, 1.82) is 0 Å². The summed E-state index contributed by atoms with van der Waals surface area (Å²) >= 11 is 0. The molecule has 1 atom stereocenters. The zero-order chi connectivity index (χ0) is 13.8. The third kappa shape index (κ3) is 3.82. The zero-order valence-electron chi connectivity index (χ0n) is 10.7. The molecule has 8 heteroatoms. The lowest BCUT2D eigenvalue weighted by atomic mass is 9.99. The number of halogens is 1. The summed E-state index contributed by atoms with van der Waals surface area (Å²) in [5.74, 6) is -0.585. The molecular weight excluding hydrogens is 286 g/mol. The topological polar surface area (TPSA) is 104 Å². The normalized spacial score (nSPS) is 17.9. The zero-order valence-corrected chi connectivity index (χ0v) is 11.5. The molecule has 0 bridgehead atoms. The summed E-state index contributed by atoms with van der Waals surface area (Å²) < 4.78 is 0. The third-order valence-electron chi connectivity index (χ3n) is 3.12. The minimum atomic E-state index is -0.572. The first-order valence-corrected chi connectivity index (χ1v) is 6.07. The van der Waals surface area contributed by atoms with Crippen LogP contribution >= 0.6 is 12.4 Å². The van der Waals surface area contributed by atoms with Crippen LogP contribution in [0.3, 0.4) is 0 Å². The number of nitrogens with one attached hydrogen (secondary N) is 2. The van der Waals surface area contributed by atoms with Crippen LogP contribution in [0.15, 0.2) is 18.2 Å². The second-order valence-electron chi connectivity index (χ2n) is 4.49. The van der Waals surface area contributed by atoms with Gasteiger partial charge in [-0.2, -0.15) is 0 Å². The number of nitro groups is 1. The van der Waals surface area contributed by atoms with Crippen LogP contribution in [0.1, 0.15) is 12.8 Å². The van der Waals surface area contributed by atoms with Gasteiger partial charge in [0.1, 0.15) is 5.75 Å². The Morgan fingerprint density at radius 3 is 2.85 bits per heavy atom. The lowest BCUT2D eigenvalue weighted by Gasteiger charge is -2.22. The monoisotopic (exact) mass is 301 g/mol. The molecule has 0 radical (unpaired) electrons. The fourth-order valence-electron chi connectivity index (χ4n) is 2.05. The quantitative estimate of drug-likeness (QED) is 0.447. The van der Waals surface area contributed by atoms with Gasteiger partial charge in [0.2, 0.25) is 5.91 Å². The summed E-state index contributed by atoms with van der Waals surface area (Å²) in [5, 5.41) is 25.9. The molecule has 1 amide bonds. The van der Waals surface area contributed by atoms with Gasteiger partial charge in [-0.1, -0.05) is 0 Å². The average Bonchev–Trinajstić information content (AvgIpc) is 2.42. The van der Waals surface area contributed by atoms with Crippen molar-refractivity contribution < 1.29 is 14.8 Å². The Labute approximate surface area is 121 Å². The Hall–Kier alpha value is -1.86. The molecule has 0 spiro atoms. The molecule has 1 fully saturated rings. The molecule has 20 heavy (non-hydrogen) atoms. The SMILES string of the molecule is Cl.O=C(Nc1cc([N+](=O)[O-])ccc1O)[C@@H]1CCCNC1. The van der Waals surface area contributed by atoms with Gasteiger partial charge in [0, 0.05) is 18.7 Å². The van der Waals surface area contributed by atoms with E-state index in [4.69, 9.17) is 0 Å². The van der Waals surface area contributed by atoms with E-state index in [9.17, 15) is 20.0 Å².